The first kappa shape index (κ1) is 50.8. The summed E-state index contributed by atoms with van der Waals surface area (Å²) in [5.41, 5.74) is 9.04. The molecule has 0 atom stereocenters. The first-order chi connectivity index (χ1) is 32.4. The molecule has 1 aliphatic heterocycles. The van der Waals surface area contributed by atoms with Crippen LogP contribution in [0.25, 0.3) is 22.3 Å². The number of carbonyl (C=O) groups is 1. The lowest BCUT2D eigenvalue weighted by atomic mass is 10.1. The molecule has 66 heavy (non-hydrogen) atoms. The summed E-state index contributed by atoms with van der Waals surface area (Å²) in [5, 5.41) is 0. The Bertz CT molecular complexity index is 2330. The topological polar surface area (TPSA) is 127 Å². The first-order valence-electron chi connectivity index (χ1n) is 21.2. The van der Waals surface area contributed by atoms with Crippen LogP contribution in [0.15, 0.2) is 231 Å². The number of aromatic nitrogens is 8. The Kier molecular flexibility index (Phi) is 24.6. The molecule has 0 amide bonds. The summed E-state index contributed by atoms with van der Waals surface area (Å²) in [6.07, 6.45) is 30.1. The third kappa shape index (κ3) is 21.5. The fourth-order valence-corrected chi connectivity index (χ4v) is 5.92. The van der Waals surface area contributed by atoms with Gasteiger partial charge >= 0.3 is 0 Å². The van der Waals surface area contributed by atoms with Crippen LogP contribution in [0.4, 0.5) is 11.4 Å². The van der Waals surface area contributed by atoms with Gasteiger partial charge in [-0.25, -0.2) is 0 Å². The van der Waals surface area contributed by atoms with Crippen LogP contribution < -0.4 is 9.80 Å². The summed E-state index contributed by atoms with van der Waals surface area (Å²) < 4.78 is 1.02. The van der Waals surface area contributed by atoms with Crippen molar-refractivity contribution < 1.29 is 4.79 Å². The van der Waals surface area contributed by atoms with Crippen molar-refractivity contribution in [2.24, 2.45) is 0 Å². The van der Waals surface area contributed by atoms with Gasteiger partial charge in [-0.15, -0.1) is 0 Å². The molecule has 12 heteroatoms. The number of benzene rings is 1. The van der Waals surface area contributed by atoms with E-state index in [-0.39, 0.29) is 0 Å². The molecule has 0 N–H and O–H groups in total. The number of anilines is 2. The SMILES string of the molecule is Brc1cccnc1.CN(C)c1ccncc1.Cc1ccncc1.O=Cc1ccccn1.c1cc(-c2ccncc2)ccn1.c1cc(N2CCCC2)ccn1.c1ccc(-c2ccncc2)cc1. The van der Waals surface area contributed by atoms with Crippen LogP contribution in [0.3, 0.4) is 0 Å². The molecule has 9 heterocycles. The molecule has 0 spiro atoms. The first-order valence-corrected chi connectivity index (χ1v) is 22.0. The minimum atomic E-state index is 0.479. The Labute approximate surface area is 397 Å². The minimum Gasteiger partial charge on any atom is -0.378 e. The van der Waals surface area contributed by atoms with Crippen molar-refractivity contribution in [3.05, 3.63) is 242 Å². The number of aldehydes is 1. The van der Waals surface area contributed by atoms with Gasteiger partial charge in [-0.3, -0.25) is 44.7 Å². The molecule has 1 saturated heterocycles. The highest BCUT2D eigenvalue weighted by atomic mass is 79.9. The van der Waals surface area contributed by atoms with E-state index < -0.39 is 0 Å². The second-order valence-corrected chi connectivity index (χ2v) is 15.1. The zero-order valence-electron chi connectivity index (χ0n) is 37.5. The molecule has 9 aromatic rings. The second kappa shape index (κ2) is 31.9. The van der Waals surface area contributed by atoms with E-state index in [1.807, 2.05) is 142 Å². The predicted molar refractivity (Wildman–Crippen MR) is 272 cm³/mol. The van der Waals surface area contributed by atoms with Gasteiger partial charge in [0.1, 0.15) is 5.69 Å². The van der Waals surface area contributed by atoms with Crippen molar-refractivity contribution in [2.45, 2.75) is 19.8 Å². The molecule has 8 aromatic heterocycles. The van der Waals surface area contributed by atoms with Crippen molar-refractivity contribution >= 4 is 33.6 Å². The fraction of sp³-hybridized carbons (Fsp3) is 0.130. The highest BCUT2D eigenvalue weighted by molar-refractivity contribution is 9.10. The maximum atomic E-state index is 9.94. The number of rotatable bonds is 5. The highest BCUT2D eigenvalue weighted by Gasteiger charge is 2.10. The van der Waals surface area contributed by atoms with E-state index in [9.17, 15) is 4.79 Å². The summed E-state index contributed by atoms with van der Waals surface area (Å²) in [7, 11) is 4.02. The maximum Gasteiger partial charge on any atom is 0.168 e. The van der Waals surface area contributed by atoms with Gasteiger partial charge in [-0.1, -0.05) is 36.4 Å². The van der Waals surface area contributed by atoms with E-state index in [0.717, 1.165) is 10.8 Å². The van der Waals surface area contributed by atoms with Crippen molar-refractivity contribution in [1.29, 1.82) is 0 Å². The fourth-order valence-electron chi connectivity index (χ4n) is 5.65. The van der Waals surface area contributed by atoms with E-state index in [2.05, 4.69) is 85.0 Å². The molecule has 0 aliphatic carbocycles. The monoisotopic (exact) mass is 938 g/mol. The third-order valence-electron chi connectivity index (χ3n) is 9.08. The molecule has 1 aromatic carbocycles. The van der Waals surface area contributed by atoms with Gasteiger partial charge in [0.15, 0.2) is 6.29 Å². The lowest BCUT2D eigenvalue weighted by Crippen LogP contribution is -2.17. The number of hydrogen-bond donors (Lipinski definition) is 0. The largest absolute Gasteiger partial charge is 0.378 e. The average Bonchev–Trinajstić information content (AvgIpc) is 3.96. The van der Waals surface area contributed by atoms with Crippen LogP contribution in [0, 0.1) is 6.92 Å². The Morgan fingerprint density at radius 1 is 0.470 bits per heavy atom. The lowest BCUT2D eigenvalue weighted by molar-refractivity contribution is 0.111. The normalized spacial score (nSPS) is 10.5. The number of pyridine rings is 8. The van der Waals surface area contributed by atoms with E-state index >= 15 is 0 Å². The summed E-state index contributed by atoms with van der Waals surface area (Å²) in [6.45, 7) is 4.47. The zero-order chi connectivity index (χ0) is 46.7. The second-order valence-electron chi connectivity index (χ2n) is 14.1. The molecule has 0 bridgehead atoms. The number of halogens is 1. The number of carbonyl (C=O) groups excluding carboxylic acids is 1. The maximum absolute atomic E-state index is 9.94. The van der Waals surface area contributed by atoms with Gasteiger partial charge in [-0.2, -0.15) is 0 Å². The van der Waals surface area contributed by atoms with Gasteiger partial charge < -0.3 is 9.80 Å². The molecule has 1 fully saturated rings. The number of hydrogen-bond acceptors (Lipinski definition) is 11. The summed E-state index contributed by atoms with van der Waals surface area (Å²) in [4.78, 5) is 45.6. The minimum absolute atomic E-state index is 0.479. The third-order valence-corrected chi connectivity index (χ3v) is 9.54. The molecule has 10 rings (SSSR count). The Morgan fingerprint density at radius 3 is 1.24 bits per heavy atom. The van der Waals surface area contributed by atoms with Gasteiger partial charge in [0, 0.05) is 136 Å². The number of nitrogens with zero attached hydrogens (tertiary/aromatic N) is 10. The molecular formula is C54H55BrN10O. The van der Waals surface area contributed by atoms with E-state index in [0.29, 0.717) is 5.69 Å². The molecule has 11 nitrogen and oxygen atoms in total. The van der Waals surface area contributed by atoms with Crippen LogP contribution in [-0.4, -0.2) is 73.3 Å². The number of aryl methyl sites for hydroxylation is 1. The van der Waals surface area contributed by atoms with Crippen LogP contribution in [0.1, 0.15) is 28.9 Å². The van der Waals surface area contributed by atoms with Gasteiger partial charge in [0.25, 0.3) is 0 Å². The summed E-state index contributed by atoms with van der Waals surface area (Å²) >= 11 is 3.25. The van der Waals surface area contributed by atoms with Gasteiger partial charge in [0.05, 0.1) is 0 Å². The van der Waals surface area contributed by atoms with Crippen LogP contribution in [0.5, 0.6) is 0 Å². The quantitative estimate of drug-likeness (QED) is 0.153. The average molecular weight is 940 g/mol. The molecule has 334 valence electrons. The van der Waals surface area contributed by atoms with E-state index in [4.69, 9.17) is 0 Å². The van der Waals surface area contributed by atoms with Crippen LogP contribution in [-0.2, 0) is 0 Å². The standard InChI is InChI=1S/C11H9N.C10H8N2.C9H12N2.C7H10N2.C6H5NO.C6H7N.C5H4BrN/c1-2-4-10(5-3-1)11-6-8-12-9-7-11;1-5-11-6-2-9(1)10-3-7-12-8-4-10;1-2-8-11(7-1)9-3-5-10-6-4-9;1-9(2)7-3-5-8-6-4-7;8-5-6-3-1-2-4-7-6;1-6-2-4-7-5-3-6;6-5-2-1-3-7-4-5/h1-9H;1-8H;3-6H,1-2,7-8H2;3-6H,1-2H3;1-5H;2-5H,1H3;1-4H. The molecular weight excluding hydrogens is 885 g/mol. The van der Waals surface area contributed by atoms with Crippen LogP contribution in [0.2, 0.25) is 0 Å². The van der Waals surface area contributed by atoms with Crippen molar-refractivity contribution in [3.8, 4) is 22.3 Å². The lowest BCUT2D eigenvalue weighted by Gasteiger charge is -2.16. The summed E-state index contributed by atoms with van der Waals surface area (Å²) in [5.74, 6) is 0. The van der Waals surface area contributed by atoms with E-state index in [1.165, 1.54) is 65.1 Å². The van der Waals surface area contributed by atoms with Crippen molar-refractivity contribution in [2.75, 3.05) is 37.0 Å². The Hall–Kier alpha value is -7.83. The van der Waals surface area contributed by atoms with Crippen molar-refractivity contribution in [1.82, 2.24) is 39.9 Å². The predicted octanol–water partition coefficient (Wildman–Crippen LogP) is 11.8. The van der Waals surface area contributed by atoms with Gasteiger partial charge in [0.2, 0.25) is 0 Å². The Balaban J connectivity index is 0.000000170. The summed E-state index contributed by atoms with van der Waals surface area (Å²) in [6, 6.07) is 43.3. The highest BCUT2D eigenvalue weighted by Crippen LogP contribution is 2.19. The smallest absolute Gasteiger partial charge is 0.168 e. The molecule has 1 aliphatic rings. The van der Waals surface area contributed by atoms with E-state index in [1.54, 1.807) is 86.4 Å². The van der Waals surface area contributed by atoms with Gasteiger partial charge in [-0.05, 0) is 161 Å². The van der Waals surface area contributed by atoms with Crippen molar-refractivity contribution in [3.63, 3.8) is 0 Å². The molecule has 0 unspecified atom stereocenters. The Morgan fingerprint density at radius 2 is 0.909 bits per heavy atom. The molecule has 0 radical (unpaired) electrons. The van der Waals surface area contributed by atoms with Crippen LogP contribution >= 0.6 is 15.9 Å². The molecule has 0 saturated carbocycles. The zero-order valence-corrected chi connectivity index (χ0v) is 39.1.